The molecule has 0 aliphatic carbocycles. The SMILES string of the molecule is c1ccc(COc2cccc(-n3nnc(-c4ccccn4)n3)c2)cc1. The summed E-state index contributed by atoms with van der Waals surface area (Å²) in [5.41, 5.74) is 2.58. The van der Waals surface area contributed by atoms with Crippen molar-refractivity contribution in [2.45, 2.75) is 6.61 Å². The van der Waals surface area contributed by atoms with E-state index in [1.807, 2.05) is 72.8 Å². The third-order valence-corrected chi connectivity index (χ3v) is 3.60. The van der Waals surface area contributed by atoms with Crippen molar-refractivity contribution in [3.8, 4) is 23.0 Å². The van der Waals surface area contributed by atoms with Crippen LogP contribution in [-0.2, 0) is 6.61 Å². The van der Waals surface area contributed by atoms with Crippen molar-refractivity contribution in [1.82, 2.24) is 25.2 Å². The third-order valence-electron chi connectivity index (χ3n) is 3.60. The first kappa shape index (κ1) is 15.0. The molecule has 0 atom stereocenters. The van der Waals surface area contributed by atoms with Crippen LogP contribution in [0.3, 0.4) is 0 Å². The molecule has 0 saturated heterocycles. The van der Waals surface area contributed by atoms with Gasteiger partial charge in [-0.3, -0.25) is 4.98 Å². The van der Waals surface area contributed by atoms with Gasteiger partial charge in [-0.2, -0.15) is 0 Å². The van der Waals surface area contributed by atoms with Gasteiger partial charge in [-0.15, -0.1) is 15.0 Å². The molecule has 0 unspecified atom stereocenters. The molecule has 2 heterocycles. The van der Waals surface area contributed by atoms with Crippen LogP contribution in [0.25, 0.3) is 17.2 Å². The summed E-state index contributed by atoms with van der Waals surface area (Å²) in [6.45, 7) is 0.508. The van der Waals surface area contributed by atoms with Crippen LogP contribution in [0.4, 0.5) is 0 Å². The second-order valence-corrected chi connectivity index (χ2v) is 5.39. The van der Waals surface area contributed by atoms with Crippen LogP contribution >= 0.6 is 0 Å². The Bertz CT molecular complexity index is 954. The smallest absolute Gasteiger partial charge is 0.223 e. The zero-order chi connectivity index (χ0) is 16.9. The number of benzene rings is 2. The average molecular weight is 329 g/mol. The average Bonchev–Trinajstić information content (AvgIpc) is 3.18. The summed E-state index contributed by atoms with van der Waals surface area (Å²) in [4.78, 5) is 5.71. The molecule has 6 heteroatoms. The number of hydrogen-bond donors (Lipinski definition) is 0. The van der Waals surface area contributed by atoms with Gasteiger partial charge in [-0.05, 0) is 35.0 Å². The van der Waals surface area contributed by atoms with Crippen molar-refractivity contribution in [1.29, 1.82) is 0 Å². The molecule has 0 aliphatic rings. The van der Waals surface area contributed by atoms with Crippen molar-refractivity contribution < 1.29 is 4.74 Å². The molecule has 0 fully saturated rings. The van der Waals surface area contributed by atoms with Gasteiger partial charge < -0.3 is 4.74 Å². The van der Waals surface area contributed by atoms with E-state index < -0.39 is 0 Å². The Morgan fingerprint density at radius 2 is 1.76 bits per heavy atom. The van der Waals surface area contributed by atoms with Crippen LogP contribution in [0.15, 0.2) is 79.0 Å². The van der Waals surface area contributed by atoms with Gasteiger partial charge in [-0.1, -0.05) is 42.5 Å². The quantitative estimate of drug-likeness (QED) is 0.562. The normalized spacial score (nSPS) is 10.6. The van der Waals surface area contributed by atoms with E-state index in [4.69, 9.17) is 4.74 Å². The first-order valence-corrected chi connectivity index (χ1v) is 7.87. The van der Waals surface area contributed by atoms with Crippen LogP contribution in [0.1, 0.15) is 5.56 Å². The third kappa shape index (κ3) is 3.53. The molecule has 0 amide bonds. The van der Waals surface area contributed by atoms with Gasteiger partial charge in [0.2, 0.25) is 5.82 Å². The summed E-state index contributed by atoms with van der Waals surface area (Å²) < 4.78 is 5.84. The van der Waals surface area contributed by atoms with E-state index in [2.05, 4.69) is 20.4 Å². The number of ether oxygens (including phenoxy) is 1. The summed E-state index contributed by atoms with van der Waals surface area (Å²) >= 11 is 0. The number of pyridine rings is 1. The van der Waals surface area contributed by atoms with Crippen molar-refractivity contribution in [2.24, 2.45) is 0 Å². The highest BCUT2D eigenvalue weighted by Crippen LogP contribution is 2.18. The van der Waals surface area contributed by atoms with E-state index in [9.17, 15) is 0 Å². The molecule has 2 aromatic carbocycles. The summed E-state index contributed by atoms with van der Waals surface area (Å²) in [5, 5.41) is 12.6. The van der Waals surface area contributed by atoms with Crippen LogP contribution in [0.2, 0.25) is 0 Å². The molecule has 2 aromatic heterocycles. The van der Waals surface area contributed by atoms with Gasteiger partial charge in [0, 0.05) is 12.3 Å². The largest absolute Gasteiger partial charge is 0.489 e. The van der Waals surface area contributed by atoms with Crippen LogP contribution in [-0.4, -0.2) is 25.2 Å². The standard InChI is InChI=1S/C19H15N5O/c1-2-7-15(8-3-1)14-25-17-10-6-9-16(13-17)24-22-19(21-23-24)18-11-4-5-12-20-18/h1-13H,14H2. The Labute approximate surface area is 144 Å². The zero-order valence-corrected chi connectivity index (χ0v) is 13.4. The van der Waals surface area contributed by atoms with E-state index in [0.29, 0.717) is 18.1 Å². The van der Waals surface area contributed by atoms with Crippen LogP contribution < -0.4 is 4.74 Å². The van der Waals surface area contributed by atoms with Crippen molar-refractivity contribution >= 4 is 0 Å². The van der Waals surface area contributed by atoms with Crippen molar-refractivity contribution in [3.63, 3.8) is 0 Å². The summed E-state index contributed by atoms with van der Waals surface area (Å²) in [5.74, 6) is 1.23. The Hall–Kier alpha value is -3.54. The Kier molecular flexibility index (Phi) is 4.16. The molecule has 0 radical (unpaired) electrons. The molecule has 4 rings (SSSR count). The maximum Gasteiger partial charge on any atom is 0.223 e. The minimum atomic E-state index is 0.483. The lowest BCUT2D eigenvalue weighted by atomic mass is 10.2. The molecule has 0 aliphatic heterocycles. The number of tetrazole rings is 1. The van der Waals surface area contributed by atoms with Gasteiger partial charge in [0.1, 0.15) is 18.1 Å². The summed E-state index contributed by atoms with van der Waals surface area (Å²) in [7, 11) is 0. The fraction of sp³-hybridized carbons (Fsp3) is 0.0526. The Morgan fingerprint density at radius 3 is 2.60 bits per heavy atom. The van der Waals surface area contributed by atoms with Gasteiger partial charge in [0.25, 0.3) is 0 Å². The second-order valence-electron chi connectivity index (χ2n) is 5.39. The highest BCUT2D eigenvalue weighted by molar-refractivity contribution is 5.47. The van der Waals surface area contributed by atoms with Gasteiger partial charge in [-0.25, -0.2) is 0 Å². The lowest BCUT2D eigenvalue weighted by Crippen LogP contribution is -2.00. The molecule has 0 spiro atoms. The fourth-order valence-corrected chi connectivity index (χ4v) is 2.36. The molecule has 6 nitrogen and oxygen atoms in total. The number of hydrogen-bond acceptors (Lipinski definition) is 5. The highest BCUT2D eigenvalue weighted by Gasteiger charge is 2.08. The maximum atomic E-state index is 5.84. The Balaban J connectivity index is 1.52. The molecule has 4 aromatic rings. The van der Waals surface area contributed by atoms with E-state index in [1.165, 1.54) is 4.80 Å². The van der Waals surface area contributed by atoms with Gasteiger partial charge in [0.05, 0.1) is 5.69 Å². The van der Waals surface area contributed by atoms with Crippen molar-refractivity contribution in [3.05, 3.63) is 84.6 Å². The lowest BCUT2D eigenvalue weighted by molar-refractivity contribution is 0.306. The van der Waals surface area contributed by atoms with E-state index in [0.717, 1.165) is 17.0 Å². The molecule has 0 N–H and O–H groups in total. The Morgan fingerprint density at radius 1 is 0.880 bits per heavy atom. The fourth-order valence-electron chi connectivity index (χ4n) is 2.36. The second kappa shape index (κ2) is 6.92. The zero-order valence-electron chi connectivity index (χ0n) is 13.4. The van der Waals surface area contributed by atoms with Crippen molar-refractivity contribution in [2.75, 3.05) is 0 Å². The lowest BCUT2D eigenvalue weighted by Gasteiger charge is -2.07. The number of aromatic nitrogens is 5. The maximum absolute atomic E-state index is 5.84. The topological polar surface area (TPSA) is 65.7 Å². The van der Waals surface area contributed by atoms with Gasteiger partial charge >= 0.3 is 0 Å². The number of rotatable bonds is 5. The van der Waals surface area contributed by atoms with Gasteiger partial charge in [0.15, 0.2) is 0 Å². The summed E-state index contributed by atoms with van der Waals surface area (Å²) in [6, 6.07) is 23.2. The molecule has 0 saturated carbocycles. The predicted octanol–water partition coefficient (Wildman–Crippen LogP) is 3.30. The minimum Gasteiger partial charge on any atom is -0.489 e. The first-order valence-electron chi connectivity index (χ1n) is 7.87. The summed E-state index contributed by atoms with van der Waals surface area (Å²) in [6.07, 6.45) is 1.70. The monoisotopic (exact) mass is 329 g/mol. The van der Waals surface area contributed by atoms with E-state index in [-0.39, 0.29) is 0 Å². The van der Waals surface area contributed by atoms with E-state index in [1.54, 1.807) is 6.20 Å². The number of nitrogens with zero attached hydrogens (tertiary/aromatic N) is 5. The molecule has 0 bridgehead atoms. The molecule has 25 heavy (non-hydrogen) atoms. The van der Waals surface area contributed by atoms with Crippen LogP contribution in [0.5, 0.6) is 5.75 Å². The van der Waals surface area contributed by atoms with Crippen LogP contribution in [0, 0.1) is 0 Å². The first-order chi connectivity index (χ1) is 12.4. The predicted molar refractivity (Wildman–Crippen MR) is 93.2 cm³/mol. The molecular weight excluding hydrogens is 314 g/mol. The van der Waals surface area contributed by atoms with E-state index >= 15 is 0 Å². The molecular formula is C19H15N5O. The highest BCUT2D eigenvalue weighted by atomic mass is 16.5. The minimum absolute atomic E-state index is 0.483. The molecule has 122 valence electrons.